The van der Waals surface area contributed by atoms with Crippen molar-refractivity contribution < 1.29 is 13.2 Å². The normalized spacial score (nSPS) is 11.5. The van der Waals surface area contributed by atoms with Gasteiger partial charge >= 0.3 is 6.18 Å². The number of hydrogen-bond acceptors (Lipinski definition) is 4. The maximum absolute atomic E-state index is 12.7. The highest BCUT2D eigenvalue weighted by Crippen LogP contribution is 2.34. The van der Waals surface area contributed by atoms with E-state index in [0.717, 1.165) is 6.20 Å². The minimum absolute atomic E-state index is 0.0838. The van der Waals surface area contributed by atoms with Crippen LogP contribution in [-0.2, 0) is 6.18 Å². The fraction of sp³-hybridized carbons (Fsp3) is 0.100. The van der Waals surface area contributed by atoms with Gasteiger partial charge in [0.1, 0.15) is 0 Å². The molecule has 0 amide bonds. The molecule has 88 valence electrons. The SMILES string of the molecule is Nc1nccc(-c2cccnc2C(F)(F)F)n1. The van der Waals surface area contributed by atoms with Crippen LogP contribution in [-0.4, -0.2) is 15.0 Å². The van der Waals surface area contributed by atoms with E-state index >= 15 is 0 Å². The number of nitrogens with zero attached hydrogens (tertiary/aromatic N) is 3. The summed E-state index contributed by atoms with van der Waals surface area (Å²) >= 11 is 0. The molecule has 0 saturated carbocycles. The minimum Gasteiger partial charge on any atom is -0.368 e. The van der Waals surface area contributed by atoms with E-state index in [0.29, 0.717) is 0 Å². The van der Waals surface area contributed by atoms with Gasteiger partial charge in [0.25, 0.3) is 0 Å². The van der Waals surface area contributed by atoms with E-state index in [1.807, 2.05) is 0 Å². The topological polar surface area (TPSA) is 64.7 Å². The van der Waals surface area contributed by atoms with Crippen molar-refractivity contribution in [3.05, 3.63) is 36.3 Å². The average molecular weight is 240 g/mol. The number of hydrogen-bond donors (Lipinski definition) is 1. The average Bonchev–Trinajstić information content (AvgIpc) is 2.28. The van der Waals surface area contributed by atoms with Crippen molar-refractivity contribution in [3.8, 4) is 11.3 Å². The van der Waals surface area contributed by atoms with Crippen LogP contribution in [0.2, 0.25) is 0 Å². The van der Waals surface area contributed by atoms with Crippen molar-refractivity contribution in [2.75, 3.05) is 5.73 Å². The summed E-state index contributed by atoms with van der Waals surface area (Å²) < 4.78 is 38.1. The molecule has 2 rings (SSSR count). The second-order valence-electron chi connectivity index (χ2n) is 3.20. The lowest BCUT2D eigenvalue weighted by atomic mass is 10.1. The Hall–Kier alpha value is -2.18. The van der Waals surface area contributed by atoms with Crippen LogP contribution in [0.1, 0.15) is 5.69 Å². The van der Waals surface area contributed by atoms with Gasteiger partial charge < -0.3 is 5.73 Å². The molecule has 0 spiro atoms. The standard InChI is InChI=1S/C10H7F3N4/c11-10(12,13)8-6(2-1-4-15-8)7-3-5-16-9(14)17-7/h1-5H,(H2,14,16,17). The number of aromatic nitrogens is 3. The van der Waals surface area contributed by atoms with Crippen molar-refractivity contribution >= 4 is 5.95 Å². The summed E-state index contributed by atoms with van der Waals surface area (Å²) in [6.07, 6.45) is -2.15. The van der Waals surface area contributed by atoms with Gasteiger partial charge in [-0.3, -0.25) is 4.98 Å². The van der Waals surface area contributed by atoms with E-state index in [9.17, 15) is 13.2 Å². The van der Waals surface area contributed by atoms with E-state index < -0.39 is 11.9 Å². The number of anilines is 1. The zero-order valence-electron chi connectivity index (χ0n) is 8.44. The van der Waals surface area contributed by atoms with Gasteiger partial charge in [-0.25, -0.2) is 9.97 Å². The molecule has 0 saturated heterocycles. The molecule has 0 aliphatic carbocycles. The molecule has 0 fully saturated rings. The summed E-state index contributed by atoms with van der Waals surface area (Å²) in [6, 6.07) is 4.04. The molecule has 2 N–H and O–H groups in total. The molecule has 17 heavy (non-hydrogen) atoms. The van der Waals surface area contributed by atoms with Crippen LogP contribution in [0.5, 0.6) is 0 Å². The Kier molecular flexibility index (Phi) is 2.66. The number of alkyl halides is 3. The quantitative estimate of drug-likeness (QED) is 0.829. The molecular formula is C10H7F3N4. The largest absolute Gasteiger partial charge is 0.434 e. The third kappa shape index (κ3) is 2.32. The summed E-state index contributed by atoms with van der Waals surface area (Å²) in [5.74, 6) is -0.0838. The maximum atomic E-state index is 12.7. The number of nitrogen functional groups attached to an aromatic ring is 1. The zero-order chi connectivity index (χ0) is 12.5. The Labute approximate surface area is 94.3 Å². The number of pyridine rings is 1. The first-order chi connectivity index (χ1) is 7.98. The van der Waals surface area contributed by atoms with Gasteiger partial charge in [-0.05, 0) is 18.2 Å². The van der Waals surface area contributed by atoms with Gasteiger partial charge in [0.15, 0.2) is 5.69 Å². The van der Waals surface area contributed by atoms with Gasteiger partial charge in [-0.2, -0.15) is 13.2 Å². The summed E-state index contributed by atoms with van der Waals surface area (Å²) in [5, 5.41) is 0. The Morgan fingerprint density at radius 2 is 1.82 bits per heavy atom. The Morgan fingerprint density at radius 1 is 1.06 bits per heavy atom. The van der Waals surface area contributed by atoms with Crippen LogP contribution < -0.4 is 5.73 Å². The lowest BCUT2D eigenvalue weighted by Crippen LogP contribution is -2.10. The van der Waals surface area contributed by atoms with Crippen LogP contribution in [0.25, 0.3) is 11.3 Å². The highest BCUT2D eigenvalue weighted by molar-refractivity contribution is 5.62. The lowest BCUT2D eigenvalue weighted by molar-refractivity contribution is -0.140. The van der Waals surface area contributed by atoms with Gasteiger partial charge in [0.2, 0.25) is 5.95 Å². The third-order valence-corrected chi connectivity index (χ3v) is 2.03. The number of nitrogens with two attached hydrogens (primary N) is 1. The first-order valence-corrected chi connectivity index (χ1v) is 4.59. The molecule has 2 aromatic rings. The van der Waals surface area contributed by atoms with Crippen LogP contribution in [0, 0.1) is 0 Å². The first kappa shape index (κ1) is 11.3. The lowest BCUT2D eigenvalue weighted by Gasteiger charge is -2.10. The zero-order valence-corrected chi connectivity index (χ0v) is 8.44. The van der Waals surface area contributed by atoms with Crippen LogP contribution in [0.3, 0.4) is 0 Å². The smallest absolute Gasteiger partial charge is 0.368 e. The van der Waals surface area contributed by atoms with Crippen LogP contribution >= 0.6 is 0 Å². The molecule has 7 heteroatoms. The fourth-order valence-electron chi connectivity index (χ4n) is 1.36. The Morgan fingerprint density at radius 3 is 2.47 bits per heavy atom. The van der Waals surface area contributed by atoms with E-state index in [1.165, 1.54) is 24.4 Å². The highest BCUT2D eigenvalue weighted by atomic mass is 19.4. The van der Waals surface area contributed by atoms with Crippen molar-refractivity contribution in [1.29, 1.82) is 0 Å². The highest BCUT2D eigenvalue weighted by Gasteiger charge is 2.35. The summed E-state index contributed by atoms with van der Waals surface area (Å²) in [6.45, 7) is 0. The summed E-state index contributed by atoms with van der Waals surface area (Å²) in [5.41, 5.74) is 4.32. The van der Waals surface area contributed by atoms with E-state index in [1.54, 1.807) is 0 Å². The van der Waals surface area contributed by atoms with Gasteiger partial charge in [-0.15, -0.1) is 0 Å². The predicted octanol–water partition coefficient (Wildman–Crippen LogP) is 2.14. The first-order valence-electron chi connectivity index (χ1n) is 4.59. The van der Waals surface area contributed by atoms with Gasteiger partial charge in [-0.1, -0.05) is 0 Å². The van der Waals surface area contributed by atoms with E-state index in [4.69, 9.17) is 5.73 Å². The van der Waals surface area contributed by atoms with Crippen molar-refractivity contribution in [3.63, 3.8) is 0 Å². The third-order valence-electron chi connectivity index (χ3n) is 2.03. The number of halogens is 3. The van der Waals surface area contributed by atoms with Gasteiger partial charge in [0.05, 0.1) is 5.69 Å². The molecule has 0 aromatic carbocycles. The molecule has 2 heterocycles. The Balaban J connectivity index is 2.60. The van der Waals surface area contributed by atoms with Crippen molar-refractivity contribution in [1.82, 2.24) is 15.0 Å². The monoisotopic (exact) mass is 240 g/mol. The van der Waals surface area contributed by atoms with Crippen LogP contribution in [0.15, 0.2) is 30.6 Å². The van der Waals surface area contributed by atoms with Crippen LogP contribution in [0.4, 0.5) is 19.1 Å². The molecule has 2 aromatic heterocycles. The summed E-state index contributed by atoms with van der Waals surface area (Å²) in [7, 11) is 0. The number of rotatable bonds is 1. The Bertz CT molecular complexity index is 539. The molecule has 4 nitrogen and oxygen atoms in total. The molecule has 0 aliphatic rings. The molecule has 0 unspecified atom stereocenters. The molecule has 0 bridgehead atoms. The van der Waals surface area contributed by atoms with Crippen molar-refractivity contribution in [2.45, 2.75) is 6.18 Å². The van der Waals surface area contributed by atoms with E-state index in [-0.39, 0.29) is 17.2 Å². The second-order valence-corrected chi connectivity index (χ2v) is 3.20. The van der Waals surface area contributed by atoms with Gasteiger partial charge in [0, 0.05) is 18.0 Å². The second kappa shape index (κ2) is 4.00. The minimum atomic E-state index is -4.53. The molecule has 0 atom stereocenters. The fourth-order valence-corrected chi connectivity index (χ4v) is 1.36. The predicted molar refractivity (Wildman–Crippen MR) is 54.7 cm³/mol. The molecular weight excluding hydrogens is 233 g/mol. The summed E-state index contributed by atoms with van der Waals surface area (Å²) in [4.78, 5) is 10.7. The van der Waals surface area contributed by atoms with Crippen molar-refractivity contribution in [2.24, 2.45) is 0 Å². The van der Waals surface area contributed by atoms with E-state index in [2.05, 4.69) is 15.0 Å². The molecule has 0 aliphatic heterocycles. The molecule has 0 radical (unpaired) electrons. The maximum Gasteiger partial charge on any atom is 0.434 e.